The lowest BCUT2D eigenvalue weighted by Gasteiger charge is -2.10. The molecule has 18 heavy (non-hydrogen) atoms. The fraction of sp³-hybridized carbons (Fsp3) is 0.0909. The predicted octanol–water partition coefficient (Wildman–Crippen LogP) is -0.568. The van der Waals surface area contributed by atoms with Crippen LogP contribution in [0.2, 0.25) is 0 Å². The van der Waals surface area contributed by atoms with E-state index in [4.69, 9.17) is 20.0 Å². The molecule has 1 aromatic carbocycles. The number of hydrogen-bond acceptors (Lipinski definition) is 5. The third-order valence-electron chi connectivity index (χ3n) is 2.49. The molecule has 0 atom stereocenters. The highest BCUT2D eigenvalue weighted by atomic mass is 16.5. The van der Waals surface area contributed by atoms with Crippen LogP contribution in [0.25, 0.3) is 5.69 Å². The first-order chi connectivity index (χ1) is 8.65. The second-order valence-electron chi connectivity index (χ2n) is 3.58. The fourth-order valence-corrected chi connectivity index (χ4v) is 1.60. The van der Waals surface area contributed by atoms with Crippen molar-refractivity contribution >= 4 is 12.6 Å². The fourth-order valence-electron chi connectivity index (χ4n) is 1.60. The van der Waals surface area contributed by atoms with Crippen LogP contribution in [0.3, 0.4) is 0 Å². The Labute approximate surface area is 104 Å². The van der Waals surface area contributed by atoms with E-state index in [2.05, 4.69) is 4.98 Å². The molecule has 6 nitrogen and oxygen atoms in total. The topological polar surface area (TPSA) is 91.3 Å². The monoisotopic (exact) mass is 243 g/mol. The summed E-state index contributed by atoms with van der Waals surface area (Å²) in [6.07, 6.45) is 3.08. The van der Waals surface area contributed by atoms with Gasteiger partial charge in [0.2, 0.25) is 0 Å². The van der Waals surface area contributed by atoms with Crippen LogP contribution >= 0.6 is 0 Å². The minimum atomic E-state index is -1.59. The molecule has 0 saturated heterocycles. The Morgan fingerprint density at radius 1 is 1.44 bits per heavy atom. The molecule has 0 aliphatic carbocycles. The van der Waals surface area contributed by atoms with Crippen molar-refractivity contribution in [2.24, 2.45) is 0 Å². The summed E-state index contributed by atoms with van der Waals surface area (Å²) in [5.74, 6) is 0.356. The van der Waals surface area contributed by atoms with E-state index in [-0.39, 0.29) is 5.46 Å². The second-order valence-corrected chi connectivity index (χ2v) is 3.58. The van der Waals surface area contributed by atoms with Crippen molar-refractivity contribution < 1.29 is 14.8 Å². The number of aromatic nitrogens is 2. The summed E-state index contributed by atoms with van der Waals surface area (Å²) in [6.45, 7) is 0. The van der Waals surface area contributed by atoms with Crippen LogP contribution in [-0.2, 0) is 0 Å². The van der Waals surface area contributed by atoms with E-state index in [0.29, 0.717) is 17.1 Å². The average Bonchev–Trinajstić information content (AvgIpc) is 2.86. The second kappa shape index (κ2) is 4.92. The van der Waals surface area contributed by atoms with Crippen LogP contribution in [0.1, 0.15) is 5.69 Å². The SMILES string of the molecule is COc1cc(-n2cnc(C#N)c2)ccc1B(O)O. The molecule has 0 amide bonds. The molecule has 2 rings (SSSR count). The molecule has 90 valence electrons. The van der Waals surface area contributed by atoms with Crippen LogP contribution in [0.4, 0.5) is 0 Å². The molecular formula is C11H10BN3O3. The van der Waals surface area contributed by atoms with E-state index in [1.807, 2.05) is 6.07 Å². The molecule has 0 aliphatic rings. The maximum atomic E-state index is 9.15. The van der Waals surface area contributed by atoms with Crippen molar-refractivity contribution in [3.05, 3.63) is 36.4 Å². The number of methoxy groups -OCH3 is 1. The molecule has 0 spiro atoms. The van der Waals surface area contributed by atoms with Crippen molar-refractivity contribution in [3.8, 4) is 17.5 Å². The van der Waals surface area contributed by atoms with Gasteiger partial charge in [0, 0.05) is 17.7 Å². The molecule has 0 radical (unpaired) electrons. The molecule has 0 fully saturated rings. The van der Waals surface area contributed by atoms with E-state index < -0.39 is 7.12 Å². The standard InChI is InChI=1S/C11H10BN3O3/c1-18-11-4-9(2-3-10(11)12(16)17)15-6-8(5-13)14-7-15/h2-4,6-7,16-17H,1H3. The Bertz CT molecular complexity index is 604. The Balaban J connectivity index is 2.44. The molecule has 0 saturated carbocycles. The number of nitriles is 1. The van der Waals surface area contributed by atoms with Gasteiger partial charge < -0.3 is 19.4 Å². The Kier molecular flexibility index (Phi) is 3.32. The average molecular weight is 243 g/mol. The third-order valence-corrected chi connectivity index (χ3v) is 2.49. The summed E-state index contributed by atoms with van der Waals surface area (Å²) in [6, 6.07) is 6.80. The third kappa shape index (κ3) is 2.20. The van der Waals surface area contributed by atoms with E-state index >= 15 is 0 Å². The van der Waals surface area contributed by atoms with Crippen LogP contribution in [-0.4, -0.2) is 33.8 Å². The van der Waals surface area contributed by atoms with Crippen molar-refractivity contribution in [2.45, 2.75) is 0 Å². The summed E-state index contributed by atoms with van der Waals surface area (Å²) >= 11 is 0. The Morgan fingerprint density at radius 2 is 2.22 bits per heavy atom. The summed E-state index contributed by atoms with van der Waals surface area (Å²) in [7, 11) is -0.147. The highest BCUT2D eigenvalue weighted by molar-refractivity contribution is 6.59. The van der Waals surface area contributed by atoms with Gasteiger partial charge in [-0.15, -0.1) is 0 Å². The molecular weight excluding hydrogens is 233 g/mol. The lowest BCUT2D eigenvalue weighted by molar-refractivity contribution is 0.403. The van der Waals surface area contributed by atoms with Crippen molar-refractivity contribution in [1.29, 1.82) is 5.26 Å². The van der Waals surface area contributed by atoms with E-state index in [1.54, 1.807) is 29.0 Å². The maximum absolute atomic E-state index is 9.15. The first kappa shape index (κ1) is 12.2. The van der Waals surface area contributed by atoms with Crippen LogP contribution in [0.15, 0.2) is 30.7 Å². The number of rotatable bonds is 3. The number of hydrogen-bond donors (Lipinski definition) is 2. The van der Waals surface area contributed by atoms with E-state index in [9.17, 15) is 0 Å². The molecule has 2 aromatic rings. The zero-order chi connectivity index (χ0) is 13.1. The van der Waals surface area contributed by atoms with Crippen LogP contribution in [0.5, 0.6) is 5.75 Å². The first-order valence-electron chi connectivity index (χ1n) is 5.14. The largest absolute Gasteiger partial charge is 0.497 e. The van der Waals surface area contributed by atoms with Gasteiger partial charge in [0.25, 0.3) is 0 Å². The van der Waals surface area contributed by atoms with Gasteiger partial charge in [-0.25, -0.2) is 4.98 Å². The lowest BCUT2D eigenvalue weighted by atomic mass is 9.79. The molecule has 2 N–H and O–H groups in total. The molecule has 0 aliphatic heterocycles. The number of benzene rings is 1. The predicted molar refractivity (Wildman–Crippen MR) is 64.7 cm³/mol. The normalized spacial score (nSPS) is 9.89. The minimum absolute atomic E-state index is 0.280. The van der Waals surface area contributed by atoms with Gasteiger partial charge in [-0.3, -0.25) is 0 Å². The van der Waals surface area contributed by atoms with Crippen molar-refractivity contribution in [1.82, 2.24) is 9.55 Å². The van der Waals surface area contributed by atoms with Gasteiger partial charge >= 0.3 is 7.12 Å². The van der Waals surface area contributed by atoms with Gasteiger partial charge in [-0.05, 0) is 6.07 Å². The zero-order valence-corrected chi connectivity index (χ0v) is 9.61. The molecule has 0 unspecified atom stereocenters. The van der Waals surface area contributed by atoms with Gasteiger partial charge in [0.1, 0.15) is 18.1 Å². The summed E-state index contributed by atoms with van der Waals surface area (Å²) in [5.41, 5.74) is 1.30. The highest BCUT2D eigenvalue weighted by Gasteiger charge is 2.17. The number of nitrogens with zero attached hydrogens (tertiary/aromatic N) is 3. The number of ether oxygens (including phenoxy) is 1. The van der Waals surface area contributed by atoms with Gasteiger partial charge in [0.05, 0.1) is 12.8 Å². The Morgan fingerprint density at radius 3 is 2.78 bits per heavy atom. The maximum Gasteiger partial charge on any atom is 0.492 e. The Hall–Kier alpha value is -2.30. The van der Waals surface area contributed by atoms with E-state index in [1.165, 1.54) is 13.4 Å². The van der Waals surface area contributed by atoms with Crippen molar-refractivity contribution in [2.75, 3.05) is 7.11 Å². The summed E-state index contributed by atoms with van der Waals surface area (Å²) in [4.78, 5) is 3.89. The van der Waals surface area contributed by atoms with Gasteiger partial charge in [0.15, 0.2) is 5.69 Å². The highest BCUT2D eigenvalue weighted by Crippen LogP contribution is 2.15. The minimum Gasteiger partial charge on any atom is -0.497 e. The van der Waals surface area contributed by atoms with Crippen LogP contribution in [0, 0.1) is 11.3 Å². The zero-order valence-electron chi connectivity index (χ0n) is 9.61. The van der Waals surface area contributed by atoms with Gasteiger partial charge in [-0.1, -0.05) is 6.07 Å². The molecule has 1 aromatic heterocycles. The smallest absolute Gasteiger partial charge is 0.492 e. The summed E-state index contributed by atoms with van der Waals surface area (Å²) in [5, 5.41) is 27.0. The van der Waals surface area contributed by atoms with E-state index in [0.717, 1.165) is 0 Å². The van der Waals surface area contributed by atoms with Crippen LogP contribution < -0.4 is 10.2 Å². The molecule has 0 bridgehead atoms. The quantitative estimate of drug-likeness (QED) is 0.704. The number of imidazole rings is 1. The summed E-state index contributed by atoms with van der Waals surface area (Å²) < 4.78 is 6.73. The lowest BCUT2D eigenvalue weighted by Crippen LogP contribution is -2.31. The first-order valence-corrected chi connectivity index (χ1v) is 5.14. The van der Waals surface area contributed by atoms with Gasteiger partial charge in [-0.2, -0.15) is 5.26 Å². The van der Waals surface area contributed by atoms with Crippen molar-refractivity contribution in [3.63, 3.8) is 0 Å². The molecule has 1 heterocycles. The molecule has 7 heteroatoms.